The van der Waals surface area contributed by atoms with Crippen molar-refractivity contribution in [2.24, 2.45) is 0 Å². The maximum absolute atomic E-state index is 8.52. The quantitative estimate of drug-likeness (QED) is 0.129. The number of nitrogens with zero attached hydrogens (tertiary/aromatic N) is 1. The van der Waals surface area contributed by atoms with Gasteiger partial charge < -0.3 is 24.4 Å². The molecule has 8 nitrogen and oxygen atoms in total. The second-order valence-electron chi connectivity index (χ2n) is 0.632. The molecule has 0 bridgehead atoms. The molecule has 0 amide bonds. The molecule has 0 saturated heterocycles. The first-order chi connectivity index (χ1) is 3.73. The summed E-state index contributed by atoms with van der Waals surface area (Å²) in [4.78, 5) is 8.25. The van der Waals surface area contributed by atoms with Crippen LogP contribution >= 0.6 is 0 Å². The maximum atomic E-state index is 8.52. The SMILES string of the molecule is O=S(=O)([O-])[O-].O=[N+]([O-])[O-].[K+].[Na+]. The second-order valence-corrected chi connectivity index (χ2v) is 1.45. The third-order valence-corrected chi connectivity index (χ3v) is 0. The van der Waals surface area contributed by atoms with E-state index in [0.29, 0.717) is 0 Å². The van der Waals surface area contributed by atoms with E-state index in [4.69, 9.17) is 32.8 Å². The first-order valence-electron chi connectivity index (χ1n) is 1.21. The molecule has 0 aromatic heterocycles. The zero-order valence-electron chi connectivity index (χ0n) is 5.71. The Morgan fingerprint density at radius 1 is 1.09 bits per heavy atom. The van der Waals surface area contributed by atoms with Crippen LogP contribution in [0.5, 0.6) is 0 Å². The van der Waals surface area contributed by atoms with Crippen LogP contribution in [-0.2, 0) is 10.4 Å². The van der Waals surface area contributed by atoms with Crippen molar-refractivity contribution in [3.63, 3.8) is 0 Å². The van der Waals surface area contributed by atoms with Crippen molar-refractivity contribution >= 4 is 10.4 Å². The molecule has 0 fully saturated rings. The van der Waals surface area contributed by atoms with E-state index in [1.807, 2.05) is 0 Å². The Labute approximate surface area is 127 Å². The van der Waals surface area contributed by atoms with Gasteiger partial charge in [0.15, 0.2) is 0 Å². The van der Waals surface area contributed by atoms with Crippen LogP contribution in [0.25, 0.3) is 0 Å². The summed E-state index contributed by atoms with van der Waals surface area (Å²) < 4.78 is 34.1. The van der Waals surface area contributed by atoms with Gasteiger partial charge in [0.1, 0.15) is 0 Å². The normalized spacial score (nSPS) is 7.45. The molecule has 11 heavy (non-hydrogen) atoms. The van der Waals surface area contributed by atoms with Crippen molar-refractivity contribution in [2.45, 2.75) is 0 Å². The summed E-state index contributed by atoms with van der Waals surface area (Å²) in [5.74, 6) is 0. The van der Waals surface area contributed by atoms with Crippen LogP contribution in [0.3, 0.4) is 0 Å². The van der Waals surface area contributed by atoms with Crippen LogP contribution in [0, 0.1) is 15.3 Å². The molecule has 0 spiro atoms. The smallest absolute Gasteiger partial charge is 0.759 e. The average Bonchev–Trinajstić information content (AvgIpc) is 1.19. The Bertz CT molecular complexity index is 161. The molecule has 0 heterocycles. The van der Waals surface area contributed by atoms with E-state index in [0.717, 1.165) is 0 Å². The zero-order valence-corrected chi connectivity index (χ0v) is 11.7. The van der Waals surface area contributed by atoms with E-state index in [-0.39, 0.29) is 80.9 Å². The average molecular weight is 220 g/mol. The van der Waals surface area contributed by atoms with Crippen LogP contribution < -0.4 is 80.9 Å². The van der Waals surface area contributed by atoms with Gasteiger partial charge in [-0.3, -0.25) is 8.42 Å². The van der Waals surface area contributed by atoms with Crippen molar-refractivity contribution in [1.82, 2.24) is 0 Å². The molecular formula is KNNaO7S-. The maximum Gasteiger partial charge on any atom is 1.00 e. The second kappa shape index (κ2) is 11.7. The van der Waals surface area contributed by atoms with Gasteiger partial charge >= 0.3 is 80.9 Å². The van der Waals surface area contributed by atoms with Crippen molar-refractivity contribution in [2.75, 3.05) is 0 Å². The minimum Gasteiger partial charge on any atom is -0.759 e. The van der Waals surface area contributed by atoms with E-state index in [1.165, 1.54) is 0 Å². The largest absolute Gasteiger partial charge is 1.00 e. The molecule has 0 N–H and O–H groups in total. The number of rotatable bonds is 0. The van der Waals surface area contributed by atoms with E-state index in [1.54, 1.807) is 0 Å². The summed E-state index contributed by atoms with van der Waals surface area (Å²) in [6, 6.07) is 0. The Hall–Kier alpha value is 1.71. The zero-order chi connectivity index (χ0) is 8.08. The monoisotopic (exact) mass is 220 g/mol. The predicted molar refractivity (Wildman–Crippen MR) is 20.8 cm³/mol. The van der Waals surface area contributed by atoms with Gasteiger partial charge in [0.2, 0.25) is 0 Å². The molecule has 11 heteroatoms. The Kier molecular flexibility index (Phi) is 24.4. The first kappa shape index (κ1) is 23.0. The van der Waals surface area contributed by atoms with Crippen LogP contribution in [0.1, 0.15) is 0 Å². The van der Waals surface area contributed by atoms with Gasteiger partial charge in [0.05, 0.1) is 5.09 Å². The molecule has 0 aliphatic heterocycles. The van der Waals surface area contributed by atoms with Gasteiger partial charge in [-0.05, 0) is 0 Å². The van der Waals surface area contributed by atoms with Gasteiger partial charge in [0, 0.05) is 10.4 Å². The summed E-state index contributed by atoms with van der Waals surface area (Å²) in [7, 11) is -5.17. The van der Waals surface area contributed by atoms with Gasteiger partial charge in [-0.2, -0.15) is 0 Å². The van der Waals surface area contributed by atoms with Crippen LogP contribution in [0.4, 0.5) is 0 Å². The first-order valence-corrected chi connectivity index (χ1v) is 2.55. The molecule has 0 atom stereocenters. The van der Waals surface area contributed by atoms with Crippen molar-refractivity contribution in [3.05, 3.63) is 15.3 Å². The molecular weight excluding hydrogens is 220 g/mol. The molecule has 0 radical (unpaired) electrons. The fourth-order valence-electron chi connectivity index (χ4n) is 0. The van der Waals surface area contributed by atoms with E-state index in [2.05, 4.69) is 0 Å². The molecule has 0 aliphatic rings. The Morgan fingerprint density at radius 2 is 1.09 bits per heavy atom. The van der Waals surface area contributed by atoms with Gasteiger partial charge in [0.25, 0.3) is 0 Å². The minimum absolute atomic E-state index is 0. The minimum atomic E-state index is -5.17. The molecule has 0 saturated carbocycles. The number of hydrogen-bond donors (Lipinski definition) is 0. The van der Waals surface area contributed by atoms with Crippen molar-refractivity contribution in [1.29, 1.82) is 0 Å². The molecule has 0 aliphatic carbocycles. The fraction of sp³-hybridized carbons (Fsp3) is 0. The summed E-state index contributed by atoms with van der Waals surface area (Å²) >= 11 is 0. The summed E-state index contributed by atoms with van der Waals surface area (Å²) in [5, 5.41) is 14.8. The predicted octanol–water partition coefficient (Wildman–Crippen LogP) is -7.57. The summed E-state index contributed by atoms with van der Waals surface area (Å²) in [5.41, 5.74) is 0. The van der Waals surface area contributed by atoms with Gasteiger partial charge in [-0.25, -0.2) is 0 Å². The van der Waals surface area contributed by atoms with E-state index < -0.39 is 15.5 Å². The third kappa shape index (κ3) is 379. The molecule has 0 rings (SSSR count). The van der Waals surface area contributed by atoms with Crippen molar-refractivity contribution < 1.29 is 104 Å². The van der Waals surface area contributed by atoms with Crippen LogP contribution in [0.2, 0.25) is 0 Å². The van der Waals surface area contributed by atoms with Crippen LogP contribution in [0.15, 0.2) is 0 Å². The standard InChI is InChI=1S/K.NO3.Na.H2O4S/c;2-1(3)4;;1-5(2,3)4/h;;;(H2,1,2,3,4)/q+1;-1;+1;/p-2. The molecule has 0 aromatic carbocycles. The van der Waals surface area contributed by atoms with Gasteiger partial charge in [-0.15, -0.1) is 0 Å². The van der Waals surface area contributed by atoms with Gasteiger partial charge in [-0.1, -0.05) is 0 Å². The summed E-state index contributed by atoms with van der Waals surface area (Å²) in [6.07, 6.45) is 0. The Morgan fingerprint density at radius 3 is 1.09 bits per heavy atom. The van der Waals surface area contributed by atoms with E-state index >= 15 is 0 Å². The fourth-order valence-corrected chi connectivity index (χ4v) is 0. The number of hydrogen-bond acceptors (Lipinski definition) is 7. The van der Waals surface area contributed by atoms with Crippen LogP contribution in [-0.4, -0.2) is 22.6 Å². The summed E-state index contributed by atoms with van der Waals surface area (Å²) in [6.45, 7) is 0. The van der Waals surface area contributed by atoms with Crippen molar-refractivity contribution in [3.8, 4) is 0 Å². The molecule has 0 unspecified atom stereocenters. The molecule has 0 aromatic rings. The third-order valence-electron chi connectivity index (χ3n) is 0. The molecule has 56 valence electrons. The topological polar surface area (TPSA) is 146 Å². The Balaban J connectivity index is -0.0000000383. The van der Waals surface area contributed by atoms with E-state index in [9.17, 15) is 0 Å².